The van der Waals surface area contributed by atoms with Gasteiger partial charge in [-0.15, -0.1) is 0 Å². The first-order chi connectivity index (χ1) is 7.57. The third-order valence-electron chi connectivity index (χ3n) is 3.24. The van der Waals surface area contributed by atoms with Crippen LogP contribution in [0.1, 0.15) is 33.1 Å². The Labute approximate surface area is 97.0 Å². The van der Waals surface area contributed by atoms with Crippen molar-refractivity contribution in [3.8, 4) is 6.07 Å². The van der Waals surface area contributed by atoms with Gasteiger partial charge in [0.1, 0.15) is 5.41 Å². The first-order valence-electron chi connectivity index (χ1n) is 5.79. The van der Waals surface area contributed by atoms with Crippen LogP contribution < -0.4 is 5.32 Å². The van der Waals surface area contributed by atoms with E-state index in [0.29, 0.717) is 25.4 Å². The Morgan fingerprint density at radius 2 is 2.31 bits per heavy atom. The Bertz CT molecular complexity index is 290. The number of nitrogens with one attached hydrogen (secondary N) is 1. The van der Waals surface area contributed by atoms with Crippen molar-refractivity contribution in [2.75, 3.05) is 13.7 Å². The third kappa shape index (κ3) is 2.53. The van der Waals surface area contributed by atoms with E-state index in [-0.39, 0.29) is 11.9 Å². The second kappa shape index (κ2) is 5.31. The highest BCUT2D eigenvalue weighted by Gasteiger charge is 2.49. The van der Waals surface area contributed by atoms with Crippen LogP contribution in [0.2, 0.25) is 0 Å². The molecule has 4 heteroatoms. The number of hydrogen-bond donors (Lipinski definition) is 1. The third-order valence-corrected chi connectivity index (χ3v) is 3.24. The molecule has 1 aliphatic carbocycles. The average Bonchev–Trinajstić information content (AvgIpc) is 2.23. The smallest absolute Gasteiger partial charge is 0.240 e. The topological polar surface area (TPSA) is 62.1 Å². The Balaban J connectivity index is 2.54. The summed E-state index contributed by atoms with van der Waals surface area (Å²) >= 11 is 0. The quantitative estimate of drug-likeness (QED) is 0.769. The van der Waals surface area contributed by atoms with Crippen LogP contribution in [0.3, 0.4) is 0 Å². The van der Waals surface area contributed by atoms with Crippen molar-refractivity contribution < 1.29 is 9.53 Å². The van der Waals surface area contributed by atoms with Crippen LogP contribution >= 0.6 is 0 Å². The minimum atomic E-state index is -0.777. The zero-order valence-corrected chi connectivity index (χ0v) is 10.2. The first kappa shape index (κ1) is 13.0. The van der Waals surface area contributed by atoms with E-state index in [1.807, 2.05) is 6.92 Å². The molecular weight excluding hydrogens is 204 g/mol. The fourth-order valence-electron chi connectivity index (χ4n) is 2.24. The zero-order chi connectivity index (χ0) is 12.2. The second-order valence-electron chi connectivity index (χ2n) is 4.74. The molecule has 0 bridgehead atoms. The number of methoxy groups -OCH3 is 1. The van der Waals surface area contributed by atoms with Crippen molar-refractivity contribution in [3.63, 3.8) is 0 Å². The number of carbonyl (C=O) groups excluding carboxylic acids is 1. The number of rotatable bonds is 5. The standard InChI is InChI=1S/C12H20N2O2/c1-4-10(7-16-3)14-11(15)12(8-13)5-9(2)6-12/h9-10H,4-7H2,1-3H3,(H,14,15). The summed E-state index contributed by atoms with van der Waals surface area (Å²) in [5.74, 6) is 0.352. The summed E-state index contributed by atoms with van der Waals surface area (Å²) in [7, 11) is 1.61. The predicted octanol–water partition coefficient (Wildman–Crippen LogP) is 1.47. The van der Waals surface area contributed by atoms with Gasteiger partial charge in [-0.3, -0.25) is 4.79 Å². The molecule has 90 valence electrons. The molecule has 1 saturated carbocycles. The van der Waals surface area contributed by atoms with Gasteiger partial charge in [-0.2, -0.15) is 5.26 Å². The predicted molar refractivity (Wildman–Crippen MR) is 60.5 cm³/mol. The van der Waals surface area contributed by atoms with Gasteiger partial charge in [0.25, 0.3) is 0 Å². The largest absolute Gasteiger partial charge is 0.383 e. The fraction of sp³-hybridized carbons (Fsp3) is 0.833. The minimum absolute atomic E-state index is 0.0126. The van der Waals surface area contributed by atoms with Crippen molar-refractivity contribution in [1.29, 1.82) is 5.26 Å². The molecule has 1 atom stereocenters. The lowest BCUT2D eigenvalue weighted by molar-refractivity contribution is -0.135. The summed E-state index contributed by atoms with van der Waals surface area (Å²) in [5.41, 5.74) is -0.777. The molecule has 0 saturated heterocycles. The van der Waals surface area contributed by atoms with Gasteiger partial charge in [0.2, 0.25) is 5.91 Å². The first-order valence-corrected chi connectivity index (χ1v) is 5.79. The van der Waals surface area contributed by atoms with Crippen LogP contribution in [0.4, 0.5) is 0 Å². The molecule has 0 aliphatic heterocycles. The SMILES string of the molecule is CCC(COC)NC(=O)C1(C#N)CC(C)C1. The molecule has 1 amide bonds. The van der Waals surface area contributed by atoms with Crippen molar-refractivity contribution in [2.24, 2.45) is 11.3 Å². The molecule has 0 aromatic carbocycles. The van der Waals surface area contributed by atoms with Gasteiger partial charge in [0.05, 0.1) is 18.7 Å². The summed E-state index contributed by atoms with van der Waals surface area (Å²) < 4.78 is 5.02. The lowest BCUT2D eigenvalue weighted by Crippen LogP contribution is -2.51. The van der Waals surface area contributed by atoms with Gasteiger partial charge in [-0.05, 0) is 25.2 Å². The van der Waals surface area contributed by atoms with E-state index in [0.717, 1.165) is 6.42 Å². The van der Waals surface area contributed by atoms with Gasteiger partial charge in [0, 0.05) is 7.11 Å². The Morgan fingerprint density at radius 1 is 1.69 bits per heavy atom. The van der Waals surface area contributed by atoms with Gasteiger partial charge < -0.3 is 10.1 Å². The molecule has 0 aromatic heterocycles. The van der Waals surface area contributed by atoms with E-state index < -0.39 is 5.41 Å². The Hall–Kier alpha value is -1.08. The molecule has 16 heavy (non-hydrogen) atoms. The maximum atomic E-state index is 12.0. The second-order valence-corrected chi connectivity index (χ2v) is 4.74. The Kier molecular flexibility index (Phi) is 4.31. The number of nitriles is 1. The molecule has 1 N–H and O–H groups in total. The summed E-state index contributed by atoms with van der Waals surface area (Å²) in [6, 6.07) is 2.18. The number of nitrogens with zero attached hydrogens (tertiary/aromatic N) is 1. The van der Waals surface area contributed by atoms with Crippen molar-refractivity contribution >= 4 is 5.91 Å². The van der Waals surface area contributed by atoms with Gasteiger partial charge in [0.15, 0.2) is 0 Å². The van der Waals surface area contributed by atoms with Crippen molar-refractivity contribution in [2.45, 2.75) is 39.2 Å². The number of carbonyl (C=O) groups is 1. The molecule has 1 rings (SSSR count). The van der Waals surface area contributed by atoms with E-state index in [9.17, 15) is 4.79 Å². The number of ether oxygens (including phenoxy) is 1. The molecule has 0 spiro atoms. The molecular formula is C12H20N2O2. The van der Waals surface area contributed by atoms with Crippen LogP contribution in [0.5, 0.6) is 0 Å². The maximum absolute atomic E-state index is 12.0. The van der Waals surface area contributed by atoms with Gasteiger partial charge in [-0.25, -0.2) is 0 Å². The highest BCUT2D eigenvalue weighted by atomic mass is 16.5. The average molecular weight is 224 g/mol. The lowest BCUT2D eigenvalue weighted by Gasteiger charge is -2.40. The van der Waals surface area contributed by atoms with Gasteiger partial charge in [-0.1, -0.05) is 13.8 Å². The van der Waals surface area contributed by atoms with E-state index >= 15 is 0 Å². The summed E-state index contributed by atoms with van der Waals surface area (Å²) in [5, 5.41) is 12.0. The molecule has 1 fully saturated rings. The van der Waals surface area contributed by atoms with Crippen LogP contribution in [-0.4, -0.2) is 25.7 Å². The summed E-state index contributed by atoms with van der Waals surface area (Å²) in [6.45, 7) is 4.56. The number of amides is 1. The lowest BCUT2D eigenvalue weighted by atomic mass is 9.63. The highest BCUT2D eigenvalue weighted by Crippen LogP contribution is 2.45. The van der Waals surface area contributed by atoms with Crippen LogP contribution in [0.15, 0.2) is 0 Å². The van der Waals surface area contributed by atoms with Crippen LogP contribution in [0.25, 0.3) is 0 Å². The summed E-state index contributed by atoms with van der Waals surface area (Å²) in [4.78, 5) is 12.0. The molecule has 0 heterocycles. The molecule has 4 nitrogen and oxygen atoms in total. The van der Waals surface area contributed by atoms with E-state index in [4.69, 9.17) is 10.00 Å². The zero-order valence-electron chi connectivity index (χ0n) is 10.2. The van der Waals surface area contributed by atoms with Crippen LogP contribution in [-0.2, 0) is 9.53 Å². The molecule has 1 aliphatic rings. The van der Waals surface area contributed by atoms with E-state index in [2.05, 4.69) is 18.3 Å². The number of hydrogen-bond acceptors (Lipinski definition) is 3. The monoisotopic (exact) mass is 224 g/mol. The van der Waals surface area contributed by atoms with Gasteiger partial charge >= 0.3 is 0 Å². The minimum Gasteiger partial charge on any atom is -0.383 e. The highest BCUT2D eigenvalue weighted by molar-refractivity contribution is 5.86. The Morgan fingerprint density at radius 3 is 2.69 bits per heavy atom. The van der Waals surface area contributed by atoms with Crippen molar-refractivity contribution in [3.05, 3.63) is 0 Å². The molecule has 1 unspecified atom stereocenters. The maximum Gasteiger partial charge on any atom is 0.240 e. The normalized spacial score (nSPS) is 30.0. The molecule has 0 aromatic rings. The molecule has 0 radical (unpaired) electrons. The summed E-state index contributed by atoms with van der Waals surface area (Å²) in [6.07, 6.45) is 2.17. The van der Waals surface area contributed by atoms with Crippen molar-refractivity contribution in [1.82, 2.24) is 5.32 Å². The van der Waals surface area contributed by atoms with E-state index in [1.165, 1.54) is 0 Å². The van der Waals surface area contributed by atoms with E-state index in [1.54, 1.807) is 7.11 Å². The van der Waals surface area contributed by atoms with Crippen LogP contribution in [0, 0.1) is 22.7 Å². The fourth-order valence-corrected chi connectivity index (χ4v) is 2.24.